The third-order valence-corrected chi connectivity index (χ3v) is 4.65. The number of pyridine rings is 1. The molecule has 0 radical (unpaired) electrons. The third kappa shape index (κ3) is 4.48. The van der Waals surface area contributed by atoms with Gasteiger partial charge >= 0.3 is 12.2 Å². The Morgan fingerprint density at radius 2 is 1.71 bits per heavy atom. The normalized spacial score (nSPS) is 11.4. The van der Waals surface area contributed by atoms with Crippen molar-refractivity contribution in [1.29, 1.82) is 0 Å². The van der Waals surface area contributed by atoms with Crippen molar-refractivity contribution in [3.63, 3.8) is 0 Å². The number of carbonyl (C=O) groups excluding carboxylic acids is 1. The average Bonchev–Trinajstić information content (AvgIpc) is 2.74. The van der Waals surface area contributed by atoms with Crippen LogP contribution in [0.15, 0.2) is 79.1 Å². The van der Waals surface area contributed by atoms with Crippen LogP contribution in [0, 0.1) is 5.82 Å². The second-order valence-electron chi connectivity index (χ2n) is 6.75. The zero-order chi connectivity index (χ0) is 22.0. The maximum atomic E-state index is 13.9. The topological polar surface area (TPSA) is 54.0 Å². The Morgan fingerprint density at radius 3 is 2.52 bits per heavy atom. The number of rotatable bonds is 3. The largest absolute Gasteiger partial charge is 0.416 e. The summed E-state index contributed by atoms with van der Waals surface area (Å²) in [6.07, 6.45) is -1.22. The highest BCUT2D eigenvalue weighted by atomic mass is 19.4. The van der Waals surface area contributed by atoms with Crippen molar-refractivity contribution in [2.45, 2.75) is 6.18 Å². The molecule has 0 atom stereocenters. The van der Waals surface area contributed by atoms with Gasteiger partial charge in [0.25, 0.3) is 0 Å². The summed E-state index contributed by atoms with van der Waals surface area (Å²) in [5, 5.41) is 6.58. The highest BCUT2D eigenvalue weighted by molar-refractivity contribution is 6.01. The van der Waals surface area contributed by atoms with E-state index in [4.69, 9.17) is 0 Å². The van der Waals surface area contributed by atoms with Crippen LogP contribution in [0.1, 0.15) is 5.56 Å². The molecule has 31 heavy (non-hydrogen) atoms. The molecule has 2 amide bonds. The fourth-order valence-corrected chi connectivity index (χ4v) is 3.22. The summed E-state index contributed by atoms with van der Waals surface area (Å²) in [5.41, 5.74) is 0.517. The minimum absolute atomic E-state index is 0.397. The van der Waals surface area contributed by atoms with E-state index in [0.717, 1.165) is 21.9 Å². The van der Waals surface area contributed by atoms with Crippen LogP contribution >= 0.6 is 0 Å². The zero-order valence-corrected chi connectivity index (χ0v) is 15.9. The number of alkyl halides is 3. The van der Waals surface area contributed by atoms with Crippen molar-refractivity contribution in [3.05, 3.63) is 90.5 Å². The van der Waals surface area contributed by atoms with Crippen LogP contribution in [0.4, 0.5) is 33.7 Å². The van der Waals surface area contributed by atoms with Gasteiger partial charge in [0.05, 0.1) is 11.3 Å². The lowest BCUT2D eigenvalue weighted by Crippen LogP contribution is -2.20. The SMILES string of the molecule is O=C(Nc1cccc(-c2cccc3cnccc23)c1)Nc1cc(C(F)(F)F)ccc1F. The number of nitrogens with one attached hydrogen (secondary N) is 2. The number of hydrogen-bond donors (Lipinski definition) is 2. The molecular weight excluding hydrogens is 410 g/mol. The minimum atomic E-state index is -4.65. The Bertz CT molecular complexity index is 1270. The van der Waals surface area contributed by atoms with Crippen molar-refractivity contribution in [2.24, 2.45) is 0 Å². The summed E-state index contributed by atoms with van der Waals surface area (Å²) >= 11 is 0. The molecule has 0 fully saturated rings. The number of anilines is 2. The number of fused-ring (bicyclic) bond motifs is 1. The van der Waals surface area contributed by atoms with Crippen LogP contribution < -0.4 is 10.6 Å². The molecule has 0 bridgehead atoms. The summed E-state index contributed by atoms with van der Waals surface area (Å²) in [6, 6.07) is 15.5. The molecule has 0 saturated heterocycles. The van der Waals surface area contributed by atoms with Gasteiger partial charge in [0.15, 0.2) is 0 Å². The van der Waals surface area contributed by atoms with Gasteiger partial charge in [-0.25, -0.2) is 9.18 Å². The van der Waals surface area contributed by atoms with Gasteiger partial charge in [-0.05, 0) is 52.9 Å². The van der Waals surface area contributed by atoms with E-state index in [2.05, 4.69) is 15.6 Å². The Morgan fingerprint density at radius 1 is 0.903 bits per heavy atom. The van der Waals surface area contributed by atoms with Crippen LogP contribution in [0.5, 0.6) is 0 Å². The second kappa shape index (κ2) is 8.06. The first-order chi connectivity index (χ1) is 14.8. The minimum Gasteiger partial charge on any atom is -0.308 e. The smallest absolute Gasteiger partial charge is 0.308 e. The molecule has 4 aromatic rings. The van der Waals surface area contributed by atoms with Crippen LogP contribution in [0.3, 0.4) is 0 Å². The van der Waals surface area contributed by atoms with E-state index in [1.165, 1.54) is 0 Å². The molecule has 0 aliphatic carbocycles. The van der Waals surface area contributed by atoms with Crippen molar-refractivity contribution in [3.8, 4) is 11.1 Å². The lowest BCUT2D eigenvalue weighted by Gasteiger charge is -2.13. The second-order valence-corrected chi connectivity index (χ2v) is 6.75. The first-order valence-corrected chi connectivity index (χ1v) is 9.19. The predicted molar refractivity (Wildman–Crippen MR) is 111 cm³/mol. The number of nitrogens with zero attached hydrogens (tertiary/aromatic N) is 1. The third-order valence-electron chi connectivity index (χ3n) is 4.65. The molecule has 4 rings (SSSR count). The summed E-state index contributed by atoms with van der Waals surface area (Å²) in [7, 11) is 0. The number of benzene rings is 3. The molecule has 1 aromatic heterocycles. The number of hydrogen-bond acceptors (Lipinski definition) is 2. The van der Waals surface area contributed by atoms with Gasteiger partial charge in [0.1, 0.15) is 5.82 Å². The summed E-state index contributed by atoms with van der Waals surface area (Å²) in [5.74, 6) is -0.971. The van der Waals surface area contributed by atoms with E-state index in [1.807, 2.05) is 30.3 Å². The van der Waals surface area contributed by atoms with E-state index in [1.54, 1.807) is 30.6 Å². The van der Waals surface area contributed by atoms with Crippen molar-refractivity contribution in [2.75, 3.05) is 10.6 Å². The fraction of sp³-hybridized carbons (Fsp3) is 0.0435. The Hall–Kier alpha value is -3.94. The average molecular weight is 425 g/mol. The van der Waals surface area contributed by atoms with Crippen molar-refractivity contribution in [1.82, 2.24) is 4.98 Å². The van der Waals surface area contributed by atoms with Gasteiger partial charge in [0, 0.05) is 23.5 Å². The number of halogens is 4. The molecule has 1 heterocycles. The number of amides is 2. The van der Waals surface area contributed by atoms with E-state index in [0.29, 0.717) is 23.9 Å². The molecule has 4 nitrogen and oxygen atoms in total. The van der Waals surface area contributed by atoms with Gasteiger partial charge in [-0.2, -0.15) is 13.2 Å². The molecule has 0 saturated carbocycles. The summed E-state index contributed by atoms with van der Waals surface area (Å²) in [6.45, 7) is 0. The van der Waals surface area contributed by atoms with Crippen LogP contribution in [-0.2, 0) is 6.18 Å². The maximum absolute atomic E-state index is 13.9. The summed E-state index contributed by atoms with van der Waals surface area (Å²) in [4.78, 5) is 16.4. The maximum Gasteiger partial charge on any atom is 0.416 e. The van der Waals surface area contributed by atoms with E-state index in [9.17, 15) is 22.4 Å². The molecule has 8 heteroatoms. The molecule has 3 aromatic carbocycles. The fourth-order valence-electron chi connectivity index (χ4n) is 3.22. The molecule has 0 spiro atoms. The quantitative estimate of drug-likeness (QED) is 0.359. The molecule has 0 aliphatic rings. The Kier molecular flexibility index (Phi) is 5.29. The lowest BCUT2D eigenvalue weighted by molar-refractivity contribution is -0.137. The van der Waals surface area contributed by atoms with Gasteiger partial charge in [-0.1, -0.05) is 30.3 Å². The summed E-state index contributed by atoms with van der Waals surface area (Å²) < 4.78 is 52.4. The number of aromatic nitrogens is 1. The van der Waals surface area contributed by atoms with E-state index >= 15 is 0 Å². The molecular formula is C23H15F4N3O. The highest BCUT2D eigenvalue weighted by Crippen LogP contribution is 2.32. The van der Waals surface area contributed by atoms with Crippen LogP contribution in [-0.4, -0.2) is 11.0 Å². The zero-order valence-electron chi connectivity index (χ0n) is 15.9. The Balaban J connectivity index is 1.57. The van der Waals surface area contributed by atoms with Crippen LogP contribution in [0.2, 0.25) is 0 Å². The van der Waals surface area contributed by atoms with E-state index in [-0.39, 0.29) is 0 Å². The monoisotopic (exact) mass is 425 g/mol. The first kappa shape index (κ1) is 20.3. The van der Waals surface area contributed by atoms with Gasteiger partial charge in [0.2, 0.25) is 0 Å². The van der Waals surface area contributed by atoms with Gasteiger partial charge < -0.3 is 10.6 Å². The van der Waals surface area contributed by atoms with Gasteiger partial charge in [-0.3, -0.25) is 4.98 Å². The van der Waals surface area contributed by atoms with E-state index < -0.39 is 29.3 Å². The number of carbonyl (C=O) groups is 1. The highest BCUT2D eigenvalue weighted by Gasteiger charge is 2.31. The molecule has 156 valence electrons. The standard InChI is InChI=1S/C23H15F4N3O/c24-20-8-7-16(23(25,26)27)12-21(20)30-22(31)29-17-5-1-3-14(11-17)18-6-2-4-15-13-28-10-9-19(15)18/h1-13H,(H2,29,30,31). The number of urea groups is 1. The van der Waals surface area contributed by atoms with Crippen molar-refractivity contribution < 1.29 is 22.4 Å². The molecule has 0 unspecified atom stereocenters. The molecule has 2 N–H and O–H groups in total. The predicted octanol–water partition coefficient (Wildman–Crippen LogP) is 6.70. The lowest BCUT2D eigenvalue weighted by atomic mass is 9.99. The Labute approximate surface area is 174 Å². The van der Waals surface area contributed by atoms with Crippen LogP contribution in [0.25, 0.3) is 21.9 Å². The van der Waals surface area contributed by atoms with Gasteiger partial charge in [-0.15, -0.1) is 0 Å². The first-order valence-electron chi connectivity index (χ1n) is 9.19. The van der Waals surface area contributed by atoms with Crippen molar-refractivity contribution >= 4 is 28.2 Å². The molecule has 0 aliphatic heterocycles.